The first-order valence-corrected chi connectivity index (χ1v) is 15.0. The molecule has 0 saturated carbocycles. The fourth-order valence-electron chi connectivity index (χ4n) is 5.16. The topological polar surface area (TPSA) is 106 Å². The summed E-state index contributed by atoms with van der Waals surface area (Å²) in [5.74, 6) is -2.20. The molecule has 4 aromatic carbocycles. The predicted octanol–water partition coefficient (Wildman–Crippen LogP) is 7.80. The van der Waals surface area contributed by atoms with Gasteiger partial charge in [0.2, 0.25) is 5.91 Å². The first-order valence-electron chi connectivity index (χ1n) is 14.6. The Hall–Kier alpha value is -5.53. The third-order valence-corrected chi connectivity index (χ3v) is 7.70. The second-order valence-electron chi connectivity index (χ2n) is 10.6. The van der Waals surface area contributed by atoms with Gasteiger partial charge >= 0.3 is 11.9 Å². The normalized spacial score (nSPS) is 12.2. The number of carboxylic acids is 1. The number of methoxy groups -OCH3 is 1. The number of carboxylic acid groups (broad SMARTS) is 1. The Bertz CT molecular complexity index is 1950. The number of aryl methyl sites for hydroxylation is 1. The Labute approximate surface area is 271 Å². The quantitative estimate of drug-likeness (QED) is 0.114. The number of halogens is 1. The van der Waals surface area contributed by atoms with Crippen LogP contribution in [0, 0.1) is 0 Å². The van der Waals surface area contributed by atoms with Crippen LogP contribution in [0.2, 0.25) is 5.02 Å². The monoisotopic (exact) mass is 630 g/mol. The highest BCUT2D eigenvalue weighted by Gasteiger charge is 2.19. The highest BCUT2D eigenvalue weighted by atomic mass is 35.5. The number of amides is 1. The average Bonchev–Trinajstić information content (AvgIpc) is 3.08. The van der Waals surface area contributed by atoms with Crippen molar-refractivity contribution in [3.63, 3.8) is 0 Å². The van der Waals surface area contributed by atoms with E-state index in [0.717, 1.165) is 39.4 Å². The van der Waals surface area contributed by atoms with Gasteiger partial charge in [-0.15, -0.1) is 0 Å². The van der Waals surface area contributed by atoms with Crippen LogP contribution in [0.4, 0.5) is 0 Å². The van der Waals surface area contributed by atoms with E-state index in [-0.39, 0.29) is 5.57 Å². The van der Waals surface area contributed by atoms with Crippen molar-refractivity contribution in [1.29, 1.82) is 0 Å². The summed E-state index contributed by atoms with van der Waals surface area (Å²) in [6, 6.07) is 32.4. The van der Waals surface area contributed by atoms with Gasteiger partial charge in [0.25, 0.3) is 0 Å². The van der Waals surface area contributed by atoms with Crippen LogP contribution >= 0.6 is 11.6 Å². The van der Waals surface area contributed by atoms with E-state index in [4.69, 9.17) is 16.3 Å². The first kappa shape index (κ1) is 31.9. The molecule has 8 heteroatoms. The SMILES string of the molecule is COC(=O)c1ccccc1CCC(NC(=O)/C=C(\C(=O)O)c1ccccc1)c1cccc(/C=C/c2ccc3ccc(Cl)cc3n2)c1. The molecule has 1 unspecified atom stereocenters. The lowest BCUT2D eigenvalue weighted by Gasteiger charge is -2.20. The molecule has 1 heterocycles. The third-order valence-electron chi connectivity index (χ3n) is 7.47. The fraction of sp³-hybridized carbons (Fsp3) is 0.105. The predicted molar refractivity (Wildman–Crippen MR) is 181 cm³/mol. The molecule has 230 valence electrons. The van der Waals surface area contributed by atoms with E-state index in [9.17, 15) is 19.5 Å². The lowest BCUT2D eigenvalue weighted by Crippen LogP contribution is -2.28. The Kier molecular flexibility index (Phi) is 10.4. The Morgan fingerprint density at radius 3 is 2.43 bits per heavy atom. The van der Waals surface area contributed by atoms with Crippen molar-refractivity contribution in [3.8, 4) is 0 Å². The molecule has 2 N–H and O–H groups in total. The highest BCUT2D eigenvalue weighted by molar-refractivity contribution is 6.31. The molecule has 0 aliphatic heterocycles. The van der Waals surface area contributed by atoms with Crippen LogP contribution in [0.15, 0.2) is 115 Å². The first-order chi connectivity index (χ1) is 22.3. The van der Waals surface area contributed by atoms with Crippen LogP contribution in [0.3, 0.4) is 0 Å². The standard InChI is InChI=1S/C38H31ClN2O5/c1-46-38(45)32-13-6-5-11-27(32)17-21-34(41-36(42)24-33(37(43)44)26-9-3-2-4-10-26)29-12-7-8-25(22-29)14-19-31-20-16-28-15-18-30(39)23-35(28)40-31/h2-16,18-20,22-24,34H,17,21H2,1H3,(H,41,42)(H,43,44)/b19-14+,33-24-. The van der Waals surface area contributed by atoms with E-state index < -0.39 is 23.9 Å². The van der Waals surface area contributed by atoms with Crippen molar-refractivity contribution >= 4 is 58.1 Å². The van der Waals surface area contributed by atoms with E-state index in [1.165, 1.54) is 7.11 Å². The smallest absolute Gasteiger partial charge is 0.338 e. The number of aromatic nitrogens is 1. The number of aliphatic carboxylic acids is 1. The fourth-order valence-corrected chi connectivity index (χ4v) is 5.33. The third kappa shape index (κ3) is 8.14. The van der Waals surface area contributed by atoms with Crippen LogP contribution < -0.4 is 5.32 Å². The van der Waals surface area contributed by atoms with E-state index in [1.54, 1.807) is 42.5 Å². The van der Waals surface area contributed by atoms with Gasteiger partial charge in [0.1, 0.15) is 0 Å². The number of nitrogens with zero attached hydrogens (tertiary/aromatic N) is 1. The molecule has 5 rings (SSSR count). The van der Waals surface area contributed by atoms with Crippen molar-refractivity contribution in [1.82, 2.24) is 10.3 Å². The summed E-state index contributed by atoms with van der Waals surface area (Å²) in [7, 11) is 1.34. The van der Waals surface area contributed by atoms with Crippen LogP contribution in [0.1, 0.15) is 50.8 Å². The van der Waals surface area contributed by atoms with Crippen LogP contribution in [0.25, 0.3) is 28.6 Å². The number of benzene rings is 4. The van der Waals surface area contributed by atoms with Gasteiger partial charge in [-0.2, -0.15) is 0 Å². The van der Waals surface area contributed by atoms with Crippen LogP contribution in [-0.2, 0) is 20.7 Å². The lowest BCUT2D eigenvalue weighted by atomic mass is 9.95. The zero-order valence-electron chi connectivity index (χ0n) is 25.0. The van der Waals surface area contributed by atoms with Crippen LogP contribution in [-0.4, -0.2) is 35.0 Å². The zero-order valence-corrected chi connectivity index (χ0v) is 25.8. The van der Waals surface area contributed by atoms with E-state index >= 15 is 0 Å². The maximum absolute atomic E-state index is 13.3. The van der Waals surface area contributed by atoms with Gasteiger partial charge < -0.3 is 15.2 Å². The number of pyridine rings is 1. The molecular weight excluding hydrogens is 600 g/mol. The van der Waals surface area contributed by atoms with Crippen molar-refractivity contribution in [2.75, 3.05) is 7.11 Å². The number of ether oxygens (including phenoxy) is 1. The number of fused-ring (bicyclic) bond motifs is 1. The highest BCUT2D eigenvalue weighted by Crippen LogP contribution is 2.25. The Morgan fingerprint density at radius 2 is 1.65 bits per heavy atom. The van der Waals surface area contributed by atoms with Crippen molar-refractivity contribution in [2.24, 2.45) is 0 Å². The summed E-state index contributed by atoms with van der Waals surface area (Å²) in [5.41, 5.74) is 4.78. The van der Waals surface area contributed by atoms with Gasteiger partial charge in [-0.3, -0.25) is 4.79 Å². The van der Waals surface area contributed by atoms with Crippen LogP contribution in [0.5, 0.6) is 0 Å². The van der Waals surface area contributed by atoms with Gasteiger partial charge in [-0.1, -0.05) is 96.5 Å². The molecule has 1 aromatic heterocycles. The van der Waals surface area contributed by atoms with E-state index in [1.807, 2.05) is 78.9 Å². The second-order valence-corrected chi connectivity index (χ2v) is 11.0. The minimum atomic E-state index is -1.21. The molecule has 7 nitrogen and oxygen atoms in total. The largest absolute Gasteiger partial charge is 0.478 e. The molecule has 0 radical (unpaired) electrons. The second kappa shape index (κ2) is 15.0. The summed E-state index contributed by atoms with van der Waals surface area (Å²) in [4.78, 5) is 42.4. The summed E-state index contributed by atoms with van der Waals surface area (Å²) in [6.07, 6.45) is 5.83. The molecule has 46 heavy (non-hydrogen) atoms. The summed E-state index contributed by atoms with van der Waals surface area (Å²) < 4.78 is 4.96. The summed E-state index contributed by atoms with van der Waals surface area (Å²) in [6.45, 7) is 0. The van der Waals surface area contributed by atoms with E-state index in [0.29, 0.717) is 29.0 Å². The molecule has 0 spiro atoms. The number of rotatable bonds is 11. The molecule has 0 bridgehead atoms. The summed E-state index contributed by atoms with van der Waals surface area (Å²) in [5, 5.41) is 14.4. The van der Waals surface area contributed by atoms with Gasteiger partial charge in [-0.05, 0) is 71.5 Å². The molecule has 1 amide bonds. The molecule has 5 aromatic rings. The number of esters is 1. The Balaban J connectivity index is 1.44. The van der Waals surface area contributed by atoms with Crippen molar-refractivity contribution in [3.05, 3.63) is 154 Å². The van der Waals surface area contributed by atoms with Gasteiger partial charge in [0.05, 0.1) is 35.5 Å². The minimum absolute atomic E-state index is 0.117. The lowest BCUT2D eigenvalue weighted by molar-refractivity contribution is -0.130. The summed E-state index contributed by atoms with van der Waals surface area (Å²) >= 11 is 6.15. The maximum Gasteiger partial charge on any atom is 0.338 e. The number of nitrogens with one attached hydrogen (secondary N) is 1. The minimum Gasteiger partial charge on any atom is -0.478 e. The van der Waals surface area contributed by atoms with Gasteiger partial charge in [0, 0.05) is 16.5 Å². The van der Waals surface area contributed by atoms with Crippen molar-refractivity contribution < 1.29 is 24.2 Å². The molecule has 0 aliphatic rings. The van der Waals surface area contributed by atoms with Gasteiger partial charge in [-0.25, -0.2) is 14.6 Å². The number of hydrogen-bond acceptors (Lipinski definition) is 5. The van der Waals surface area contributed by atoms with Crippen molar-refractivity contribution in [2.45, 2.75) is 18.9 Å². The molecule has 1 atom stereocenters. The molecular formula is C38H31ClN2O5. The van der Waals surface area contributed by atoms with E-state index in [2.05, 4.69) is 10.3 Å². The zero-order chi connectivity index (χ0) is 32.5. The number of hydrogen-bond donors (Lipinski definition) is 2. The Morgan fingerprint density at radius 1 is 0.891 bits per heavy atom. The molecule has 0 fully saturated rings. The van der Waals surface area contributed by atoms with Gasteiger partial charge in [0.15, 0.2) is 0 Å². The number of carbonyl (C=O) groups excluding carboxylic acids is 2. The molecule has 0 aliphatic carbocycles. The maximum atomic E-state index is 13.3. The average molecular weight is 631 g/mol. The number of carbonyl (C=O) groups is 3. The molecule has 0 saturated heterocycles.